The number of imide groups is 1. The molecular weight excluding hydrogens is 340 g/mol. The number of carbonyl (C=O) groups excluding carboxylic acids is 2. The van der Waals surface area contributed by atoms with E-state index >= 15 is 0 Å². The van der Waals surface area contributed by atoms with Crippen LogP contribution in [0.25, 0.3) is 11.0 Å². The highest BCUT2D eigenvalue weighted by atomic mass is 16.2. The van der Waals surface area contributed by atoms with E-state index in [4.69, 9.17) is 4.98 Å². The lowest BCUT2D eigenvalue weighted by atomic mass is 10.1. The fourth-order valence-corrected chi connectivity index (χ4v) is 3.61. The topological polar surface area (TPSA) is 58.4 Å². The number of fused-ring (bicyclic) bond motifs is 2. The van der Waals surface area contributed by atoms with Crippen molar-refractivity contribution in [2.45, 2.75) is 19.5 Å². The Morgan fingerprint density at radius 1 is 0.889 bits per heavy atom. The fourth-order valence-electron chi connectivity index (χ4n) is 3.61. The van der Waals surface area contributed by atoms with Gasteiger partial charge in [0.25, 0.3) is 11.8 Å². The first-order chi connectivity index (χ1) is 13.1. The van der Waals surface area contributed by atoms with Gasteiger partial charge in [0.1, 0.15) is 5.82 Å². The summed E-state index contributed by atoms with van der Waals surface area (Å²) in [4.78, 5) is 33.2. The fraction of sp³-hybridized carbons (Fsp3) is 0.286. The van der Waals surface area contributed by atoms with Crippen LogP contribution in [0.15, 0.2) is 48.5 Å². The van der Waals surface area contributed by atoms with E-state index < -0.39 is 0 Å². The molecule has 2 heterocycles. The van der Waals surface area contributed by atoms with E-state index in [2.05, 4.69) is 15.5 Å². The Morgan fingerprint density at radius 2 is 1.52 bits per heavy atom. The molecule has 0 bridgehead atoms. The Hall–Kier alpha value is -2.99. The maximum atomic E-state index is 12.5. The van der Waals surface area contributed by atoms with Crippen LogP contribution in [0.4, 0.5) is 0 Å². The summed E-state index contributed by atoms with van der Waals surface area (Å²) in [6.45, 7) is 1.85. The van der Waals surface area contributed by atoms with Gasteiger partial charge in [-0.2, -0.15) is 0 Å². The monoisotopic (exact) mass is 362 g/mol. The molecule has 6 heteroatoms. The maximum Gasteiger partial charge on any atom is 0.261 e. The van der Waals surface area contributed by atoms with E-state index in [0.717, 1.165) is 23.4 Å². The molecule has 0 N–H and O–H groups in total. The molecular formula is C21H22N4O2. The van der Waals surface area contributed by atoms with E-state index in [1.165, 1.54) is 4.90 Å². The predicted molar refractivity (Wildman–Crippen MR) is 104 cm³/mol. The standard InChI is InChI=1S/C21H22N4O2/c1-23(2)14-19-22-17-10-5-6-11-18(17)24(19)12-7-13-25-20(26)15-8-3-4-9-16(15)21(25)27/h3-6,8-11H,7,12-14H2,1-2H3. The number of amides is 2. The summed E-state index contributed by atoms with van der Waals surface area (Å²) >= 11 is 0. The molecule has 0 saturated carbocycles. The highest BCUT2D eigenvalue weighted by Crippen LogP contribution is 2.23. The zero-order valence-corrected chi connectivity index (χ0v) is 15.6. The van der Waals surface area contributed by atoms with Crippen molar-refractivity contribution >= 4 is 22.8 Å². The number of rotatable bonds is 6. The van der Waals surface area contributed by atoms with Crippen LogP contribution < -0.4 is 0 Å². The average Bonchev–Trinajstić information content (AvgIpc) is 3.12. The third-order valence-corrected chi connectivity index (χ3v) is 4.83. The molecule has 27 heavy (non-hydrogen) atoms. The molecule has 138 valence electrons. The highest BCUT2D eigenvalue weighted by molar-refractivity contribution is 6.21. The SMILES string of the molecule is CN(C)Cc1nc2ccccc2n1CCCN1C(=O)c2ccccc2C1=O. The Balaban J connectivity index is 1.51. The molecule has 2 amide bonds. The van der Waals surface area contributed by atoms with Crippen LogP contribution >= 0.6 is 0 Å². The van der Waals surface area contributed by atoms with Crippen molar-refractivity contribution in [3.05, 3.63) is 65.5 Å². The van der Waals surface area contributed by atoms with Crippen LogP contribution in [0.5, 0.6) is 0 Å². The second-order valence-corrected chi connectivity index (χ2v) is 7.07. The number of aromatic nitrogens is 2. The van der Waals surface area contributed by atoms with Crippen LogP contribution in [0.1, 0.15) is 33.0 Å². The molecule has 0 spiro atoms. The third-order valence-electron chi connectivity index (χ3n) is 4.83. The van der Waals surface area contributed by atoms with Crippen LogP contribution in [0, 0.1) is 0 Å². The summed E-state index contributed by atoms with van der Waals surface area (Å²) in [5.74, 6) is 0.600. The van der Waals surface area contributed by atoms with Gasteiger partial charge in [0.05, 0.1) is 28.7 Å². The lowest BCUT2D eigenvalue weighted by Crippen LogP contribution is -2.31. The molecule has 1 aliphatic heterocycles. The van der Waals surface area contributed by atoms with E-state index in [0.29, 0.717) is 30.6 Å². The molecule has 1 aliphatic rings. The minimum Gasteiger partial charge on any atom is -0.327 e. The van der Waals surface area contributed by atoms with Crippen LogP contribution in [-0.4, -0.2) is 51.8 Å². The largest absolute Gasteiger partial charge is 0.327 e. The Kier molecular flexibility index (Phi) is 4.49. The summed E-state index contributed by atoms with van der Waals surface area (Å²) in [6, 6.07) is 15.1. The Morgan fingerprint density at radius 3 is 2.19 bits per heavy atom. The van der Waals surface area contributed by atoms with Crippen LogP contribution in [0.3, 0.4) is 0 Å². The summed E-state index contributed by atoms with van der Waals surface area (Å²) in [6.07, 6.45) is 0.687. The van der Waals surface area contributed by atoms with Crippen molar-refractivity contribution in [1.29, 1.82) is 0 Å². The molecule has 3 aromatic rings. The van der Waals surface area contributed by atoms with Gasteiger partial charge in [0.2, 0.25) is 0 Å². The molecule has 0 atom stereocenters. The first-order valence-electron chi connectivity index (χ1n) is 9.10. The molecule has 0 saturated heterocycles. The first-order valence-corrected chi connectivity index (χ1v) is 9.10. The quantitative estimate of drug-likeness (QED) is 0.633. The van der Waals surface area contributed by atoms with Crippen molar-refractivity contribution in [1.82, 2.24) is 19.4 Å². The molecule has 0 fully saturated rings. The molecule has 0 unspecified atom stereocenters. The number of carbonyl (C=O) groups is 2. The smallest absolute Gasteiger partial charge is 0.261 e. The summed E-state index contributed by atoms with van der Waals surface area (Å²) in [7, 11) is 4.03. The summed E-state index contributed by atoms with van der Waals surface area (Å²) < 4.78 is 2.19. The molecule has 0 aliphatic carbocycles. The van der Waals surface area contributed by atoms with Crippen molar-refractivity contribution in [2.75, 3.05) is 20.6 Å². The van der Waals surface area contributed by atoms with Gasteiger partial charge in [-0.15, -0.1) is 0 Å². The van der Waals surface area contributed by atoms with Gasteiger partial charge >= 0.3 is 0 Å². The van der Waals surface area contributed by atoms with E-state index in [1.807, 2.05) is 32.3 Å². The maximum absolute atomic E-state index is 12.5. The number of benzene rings is 2. The number of para-hydroxylation sites is 2. The van der Waals surface area contributed by atoms with Crippen LogP contribution in [-0.2, 0) is 13.1 Å². The van der Waals surface area contributed by atoms with E-state index in [9.17, 15) is 9.59 Å². The van der Waals surface area contributed by atoms with Crippen molar-refractivity contribution < 1.29 is 9.59 Å². The lowest BCUT2D eigenvalue weighted by Gasteiger charge is -2.16. The van der Waals surface area contributed by atoms with Gasteiger partial charge < -0.3 is 9.47 Å². The zero-order chi connectivity index (χ0) is 19.0. The second-order valence-electron chi connectivity index (χ2n) is 7.07. The van der Waals surface area contributed by atoms with Gasteiger partial charge in [-0.05, 0) is 44.8 Å². The van der Waals surface area contributed by atoms with Crippen molar-refractivity contribution in [2.24, 2.45) is 0 Å². The number of aryl methyl sites for hydroxylation is 1. The summed E-state index contributed by atoms with van der Waals surface area (Å²) in [5, 5.41) is 0. The third kappa shape index (κ3) is 3.13. The van der Waals surface area contributed by atoms with Gasteiger partial charge in [-0.1, -0.05) is 24.3 Å². The summed E-state index contributed by atoms with van der Waals surface area (Å²) in [5.41, 5.74) is 3.06. The molecule has 6 nitrogen and oxygen atoms in total. The molecule has 2 aromatic carbocycles. The van der Waals surface area contributed by atoms with Gasteiger partial charge in [0, 0.05) is 13.1 Å². The zero-order valence-electron chi connectivity index (χ0n) is 15.6. The number of hydrogen-bond acceptors (Lipinski definition) is 4. The second kappa shape index (κ2) is 6.96. The number of hydrogen-bond donors (Lipinski definition) is 0. The van der Waals surface area contributed by atoms with Crippen LogP contribution in [0.2, 0.25) is 0 Å². The average molecular weight is 362 g/mol. The number of nitrogens with zero attached hydrogens (tertiary/aromatic N) is 4. The van der Waals surface area contributed by atoms with Gasteiger partial charge in [-0.3, -0.25) is 14.5 Å². The van der Waals surface area contributed by atoms with Gasteiger partial charge in [0.15, 0.2) is 0 Å². The van der Waals surface area contributed by atoms with Crippen molar-refractivity contribution in [3.63, 3.8) is 0 Å². The Bertz CT molecular complexity index is 987. The normalized spacial score (nSPS) is 13.8. The molecule has 1 aromatic heterocycles. The predicted octanol–water partition coefficient (Wildman–Crippen LogP) is 2.78. The van der Waals surface area contributed by atoms with Crippen molar-refractivity contribution in [3.8, 4) is 0 Å². The first kappa shape index (κ1) is 17.4. The minimum atomic E-state index is -0.195. The van der Waals surface area contributed by atoms with Gasteiger partial charge in [-0.25, -0.2) is 4.98 Å². The molecule has 4 rings (SSSR count). The van der Waals surface area contributed by atoms with E-state index in [1.54, 1.807) is 24.3 Å². The molecule has 0 radical (unpaired) electrons. The number of imidazole rings is 1. The van der Waals surface area contributed by atoms with E-state index in [-0.39, 0.29) is 11.8 Å². The minimum absolute atomic E-state index is 0.195. The highest BCUT2D eigenvalue weighted by Gasteiger charge is 2.34. The Labute approximate surface area is 158 Å². The lowest BCUT2D eigenvalue weighted by molar-refractivity contribution is 0.0651.